The van der Waals surface area contributed by atoms with Crippen molar-refractivity contribution in [3.8, 4) is 0 Å². The molecule has 0 heterocycles. The van der Waals surface area contributed by atoms with Crippen LogP contribution in [0.15, 0.2) is 170 Å². The molecule has 0 fully saturated rings. The summed E-state index contributed by atoms with van der Waals surface area (Å²) >= 11 is 0. The van der Waals surface area contributed by atoms with Crippen molar-refractivity contribution in [2.75, 3.05) is 0 Å². The van der Waals surface area contributed by atoms with Crippen LogP contribution in [0.3, 0.4) is 0 Å². The minimum atomic E-state index is -3.22. The molecule has 0 saturated heterocycles. The van der Waals surface area contributed by atoms with Crippen molar-refractivity contribution in [3.63, 3.8) is 0 Å². The maximum atomic E-state index is 17.2. The fraction of sp³-hybridized carbons (Fsp3) is 0.0270. The number of hydrogen-bond acceptors (Lipinski definition) is 0. The Bertz CT molecular complexity index is 1500. The maximum absolute atomic E-state index is 17.2. The van der Waals surface area contributed by atoms with Gasteiger partial charge in [0.1, 0.15) is 0 Å². The Morgan fingerprint density at radius 2 is 0.561 bits per heavy atom. The molecule has 0 aromatic heterocycles. The predicted molar refractivity (Wildman–Crippen MR) is 173 cm³/mol. The molecule has 6 aromatic rings. The lowest BCUT2D eigenvalue weighted by molar-refractivity contribution is 0.0451. The van der Waals surface area contributed by atoms with Crippen molar-refractivity contribution in [1.29, 1.82) is 0 Å². The van der Waals surface area contributed by atoms with E-state index in [4.69, 9.17) is 0 Å². The van der Waals surface area contributed by atoms with Crippen molar-refractivity contribution in [1.82, 2.24) is 0 Å². The van der Waals surface area contributed by atoms with Gasteiger partial charge in [-0.15, -0.1) is 0 Å². The van der Waals surface area contributed by atoms with E-state index in [2.05, 4.69) is 0 Å². The quantitative estimate of drug-likeness (QED) is 0.168. The average Bonchev–Trinajstić information content (AvgIpc) is 3.04. The number of hydrogen-bond donors (Lipinski definition) is 0. The van der Waals surface area contributed by atoms with E-state index in [-0.39, 0.29) is 11.1 Å². The standard InChI is InChI=1S/C37H28F2P2/c38-37(39,33-25-13-15-27-35(33)40(29-17-5-1-6-18-29)30-19-7-2-8-20-30)34-26-14-16-28-36(34)41(31-21-9-3-10-22-31)32-23-11-4-12-24-32/h1-28H. The van der Waals surface area contributed by atoms with Crippen LogP contribution in [0.2, 0.25) is 0 Å². The van der Waals surface area contributed by atoms with Crippen LogP contribution in [0.4, 0.5) is 8.78 Å². The Kier molecular flexibility index (Phi) is 8.15. The Morgan fingerprint density at radius 3 is 0.854 bits per heavy atom. The van der Waals surface area contributed by atoms with E-state index in [1.807, 2.05) is 146 Å². The average molecular weight is 573 g/mol. The smallest absolute Gasteiger partial charge is 0.196 e. The van der Waals surface area contributed by atoms with E-state index in [0.29, 0.717) is 10.6 Å². The molecule has 41 heavy (non-hydrogen) atoms. The van der Waals surface area contributed by atoms with Gasteiger partial charge >= 0.3 is 0 Å². The van der Waals surface area contributed by atoms with E-state index in [1.165, 1.54) is 0 Å². The Balaban J connectivity index is 1.55. The molecule has 0 N–H and O–H groups in total. The third-order valence-corrected chi connectivity index (χ3v) is 12.0. The largest absolute Gasteiger partial charge is 0.299 e. The van der Waals surface area contributed by atoms with Gasteiger partial charge in [-0.25, -0.2) is 0 Å². The van der Waals surface area contributed by atoms with Crippen LogP contribution in [0, 0.1) is 0 Å². The van der Waals surface area contributed by atoms with Crippen molar-refractivity contribution >= 4 is 47.7 Å². The fourth-order valence-corrected chi connectivity index (χ4v) is 10.1. The van der Waals surface area contributed by atoms with Gasteiger partial charge < -0.3 is 0 Å². The van der Waals surface area contributed by atoms with Crippen LogP contribution in [-0.2, 0) is 5.92 Å². The van der Waals surface area contributed by atoms with E-state index in [9.17, 15) is 0 Å². The molecule has 6 aromatic carbocycles. The van der Waals surface area contributed by atoms with Gasteiger partial charge in [0.25, 0.3) is 5.92 Å². The zero-order valence-electron chi connectivity index (χ0n) is 22.3. The SMILES string of the molecule is FC(F)(c1ccccc1P(c1ccccc1)c1ccccc1)c1ccccc1P(c1ccccc1)c1ccccc1. The highest BCUT2D eigenvalue weighted by Crippen LogP contribution is 2.44. The zero-order valence-corrected chi connectivity index (χ0v) is 24.1. The van der Waals surface area contributed by atoms with E-state index >= 15 is 8.78 Å². The molecule has 0 nitrogen and oxygen atoms in total. The van der Waals surface area contributed by atoms with E-state index in [0.717, 1.165) is 21.2 Å². The van der Waals surface area contributed by atoms with Gasteiger partial charge in [-0.1, -0.05) is 170 Å². The second-order valence-electron chi connectivity index (χ2n) is 9.62. The predicted octanol–water partition coefficient (Wildman–Crippen LogP) is 7.34. The second kappa shape index (κ2) is 12.3. The molecule has 4 heteroatoms. The van der Waals surface area contributed by atoms with E-state index < -0.39 is 21.8 Å². The van der Waals surface area contributed by atoms with E-state index in [1.54, 1.807) is 24.3 Å². The van der Waals surface area contributed by atoms with Gasteiger partial charge in [-0.05, 0) is 47.7 Å². The Morgan fingerprint density at radius 1 is 0.317 bits per heavy atom. The lowest BCUT2D eigenvalue weighted by atomic mass is 10.0. The molecule has 0 aliphatic rings. The lowest BCUT2D eigenvalue weighted by Gasteiger charge is -2.29. The number of halogens is 2. The third kappa shape index (κ3) is 5.64. The number of benzene rings is 6. The Hall–Kier alpha value is -3.96. The highest BCUT2D eigenvalue weighted by Gasteiger charge is 2.41. The first-order chi connectivity index (χ1) is 20.1. The normalized spacial score (nSPS) is 11.6. The van der Waals surface area contributed by atoms with Crippen molar-refractivity contribution in [3.05, 3.63) is 181 Å². The van der Waals surface area contributed by atoms with Crippen molar-refractivity contribution < 1.29 is 8.78 Å². The van der Waals surface area contributed by atoms with Crippen molar-refractivity contribution in [2.45, 2.75) is 5.92 Å². The highest BCUT2D eigenvalue weighted by atomic mass is 31.1. The molecule has 0 radical (unpaired) electrons. The van der Waals surface area contributed by atoms with Crippen LogP contribution in [0.1, 0.15) is 11.1 Å². The molecule has 0 bridgehead atoms. The van der Waals surface area contributed by atoms with Crippen LogP contribution in [-0.4, -0.2) is 0 Å². The summed E-state index contributed by atoms with van der Waals surface area (Å²) in [6.07, 6.45) is 0. The van der Waals surface area contributed by atoms with Crippen LogP contribution >= 0.6 is 15.8 Å². The van der Waals surface area contributed by atoms with Gasteiger partial charge in [0.15, 0.2) is 0 Å². The maximum Gasteiger partial charge on any atom is 0.299 e. The number of rotatable bonds is 8. The molecule has 0 spiro atoms. The molecular formula is C37H28F2P2. The van der Waals surface area contributed by atoms with Crippen molar-refractivity contribution in [2.24, 2.45) is 0 Å². The van der Waals surface area contributed by atoms with Crippen LogP contribution in [0.5, 0.6) is 0 Å². The monoisotopic (exact) mass is 572 g/mol. The zero-order chi connectivity index (χ0) is 28.1. The highest BCUT2D eigenvalue weighted by molar-refractivity contribution is 7.80. The first-order valence-electron chi connectivity index (χ1n) is 13.5. The number of alkyl halides is 2. The molecular weight excluding hydrogens is 544 g/mol. The summed E-state index contributed by atoms with van der Waals surface area (Å²) < 4.78 is 34.4. The summed E-state index contributed by atoms with van der Waals surface area (Å²) in [4.78, 5) is 0. The first-order valence-corrected chi connectivity index (χ1v) is 16.2. The summed E-state index contributed by atoms with van der Waals surface area (Å²) in [6.45, 7) is 0. The topological polar surface area (TPSA) is 0 Å². The summed E-state index contributed by atoms with van der Waals surface area (Å²) in [5.74, 6) is -3.22. The van der Waals surface area contributed by atoms with Gasteiger partial charge in [-0.2, -0.15) is 8.78 Å². The molecule has 0 aliphatic carbocycles. The van der Waals surface area contributed by atoms with Gasteiger partial charge in [0, 0.05) is 11.1 Å². The molecule has 0 unspecified atom stereocenters. The summed E-state index contributed by atoms with van der Waals surface area (Å²) in [5.41, 5.74) is 0.115. The Labute approximate surface area is 242 Å². The molecule has 0 atom stereocenters. The van der Waals surface area contributed by atoms with Gasteiger partial charge in [0.05, 0.1) is 0 Å². The second-order valence-corrected chi connectivity index (χ2v) is 14.0. The minimum absolute atomic E-state index is 0.0577. The lowest BCUT2D eigenvalue weighted by Crippen LogP contribution is -2.33. The van der Waals surface area contributed by atoms with Crippen LogP contribution in [0.25, 0.3) is 0 Å². The van der Waals surface area contributed by atoms with Gasteiger partial charge in [-0.3, -0.25) is 0 Å². The fourth-order valence-electron chi connectivity index (χ4n) is 5.18. The van der Waals surface area contributed by atoms with Gasteiger partial charge in [0.2, 0.25) is 0 Å². The molecule has 6 rings (SSSR count). The van der Waals surface area contributed by atoms with Crippen LogP contribution < -0.4 is 31.8 Å². The molecule has 0 aliphatic heterocycles. The summed E-state index contributed by atoms with van der Waals surface area (Å²) in [6, 6.07) is 54.3. The summed E-state index contributed by atoms with van der Waals surface area (Å²) in [7, 11) is -2.42. The summed E-state index contributed by atoms with van der Waals surface area (Å²) in [5, 5.41) is 5.51. The first kappa shape index (κ1) is 27.2. The molecule has 0 saturated carbocycles. The minimum Gasteiger partial charge on any atom is -0.196 e. The molecule has 200 valence electrons. The third-order valence-electron chi connectivity index (χ3n) is 7.02. The molecule has 0 amide bonds.